The number of benzene rings is 1. The Morgan fingerprint density at radius 1 is 1.19 bits per heavy atom. The van der Waals surface area contributed by atoms with Gasteiger partial charge in [-0.05, 0) is 43.4 Å². The van der Waals surface area contributed by atoms with Crippen LogP contribution in [0.4, 0.5) is 5.95 Å². The summed E-state index contributed by atoms with van der Waals surface area (Å²) in [5.74, 6) is 1.10. The lowest BCUT2D eigenvalue weighted by Gasteiger charge is -2.36. The lowest BCUT2D eigenvalue weighted by atomic mass is 9.98. The highest BCUT2D eigenvalue weighted by molar-refractivity contribution is 5.38. The van der Waals surface area contributed by atoms with Gasteiger partial charge in [0, 0.05) is 49.9 Å². The van der Waals surface area contributed by atoms with Crippen molar-refractivity contribution in [3.05, 3.63) is 47.3 Å². The standard InChI is InChI=1S/C21H26N4O2/c26-16-4-1-3-14(9-16)12-25-15-6-7-20(25)18-11-22-21(23-19(18)10-15)24-8-2-5-17(27)13-24/h1,3-4,9,11,15,17,20,26-27H,2,5-8,10,12-13H2. The fourth-order valence-corrected chi connectivity index (χ4v) is 4.96. The van der Waals surface area contributed by atoms with Crippen LogP contribution in [0.1, 0.15) is 48.5 Å². The van der Waals surface area contributed by atoms with Crippen LogP contribution in [0.5, 0.6) is 5.75 Å². The lowest BCUT2D eigenvalue weighted by molar-refractivity contribution is 0.153. The van der Waals surface area contributed by atoms with Gasteiger partial charge in [-0.25, -0.2) is 9.97 Å². The molecule has 3 aliphatic rings. The zero-order valence-corrected chi connectivity index (χ0v) is 15.5. The molecule has 0 radical (unpaired) electrons. The molecule has 2 fully saturated rings. The first kappa shape index (κ1) is 17.0. The normalized spacial score (nSPS) is 27.6. The SMILES string of the molecule is Oc1cccc(CN2C3CCC2c2cnc(N4CCCC(O)C4)nc2C3)c1. The third-order valence-electron chi connectivity index (χ3n) is 6.27. The summed E-state index contributed by atoms with van der Waals surface area (Å²) in [6.45, 7) is 2.41. The highest BCUT2D eigenvalue weighted by Gasteiger charge is 2.41. The molecule has 3 aliphatic heterocycles. The average Bonchev–Trinajstić information content (AvgIpc) is 2.93. The zero-order valence-electron chi connectivity index (χ0n) is 15.5. The van der Waals surface area contributed by atoms with Crippen molar-refractivity contribution < 1.29 is 10.2 Å². The summed E-state index contributed by atoms with van der Waals surface area (Å²) in [4.78, 5) is 14.2. The Labute approximate surface area is 159 Å². The Balaban J connectivity index is 1.39. The van der Waals surface area contributed by atoms with Gasteiger partial charge < -0.3 is 15.1 Å². The highest BCUT2D eigenvalue weighted by Crippen LogP contribution is 2.44. The van der Waals surface area contributed by atoms with Crippen molar-refractivity contribution in [2.45, 2.75) is 56.8 Å². The van der Waals surface area contributed by atoms with E-state index >= 15 is 0 Å². The van der Waals surface area contributed by atoms with Crippen molar-refractivity contribution in [3.8, 4) is 5.75 Å². The van der Waals surface area contributed by atoms with Crippen molar-refractivity contribution in [1.82, 2.24) is 14.9 Å². The maximum absolute atomic E-state index is 9.95. The predicted octanol–water partition coefficient (Wildman–Crippen LogP) is 2.41. The lowest BCUT2D eigenvalue weighted by Crippen LogP contribution is -2.40. The maximum atomic E-state index is 9.95. The first-order valence-electron chi connectivity index (χ1n) is 10.00. The van der Waals surface area contributed by atoms with Gasteiger partial charge in [-0.2, -0.15) is 0 Å². The van der Waals surface area contributed by atoms with Gasteiger partial charge in [0.05, 0.1) is 11.8 Å². The van der Waals surface area contributed by atoms with E-state index in [0.717, 1.165) is 50.3 Å². The Kier molecular flexibility index (Phi) is 4.25. The second-order valence-electron chi connectivity index (χ2n) is 8.11. The van der Waals surface area contributed by atoms with E-state index in [1.807, 2.05) is 18.3 Å². The zero-order chi connectivity index (χ0) is 18.4. The molecule has 5 rings (SSSR count). The van der Waals surface area contributed by atoms with Crippen LogP contribution in [-0.2, 0) is 13.0 Å². The number of aliphatic hydroxyl groups is 1. The summed E-state index contributed by atoms with van der Waals surface area (Å²) < 4.78 is 0. The van der Waals surface area contributed by atoms with Crippen LogP contribution in [0.3, 0.4) is 0 Å². The molecule has 2 N–H and O–H groups in total. The molecule has 0 amide bonds. The van der Waals surface area contributed by atoms with E-state index in [-0.39, 0.29) is 6.10 Å². The van der Waals surface area contributed by atoms with Crippen molar-refractivity contribution in [2.75, 3.05) is 18.0 Å². The first-order valence-corrected chi connectivity index (χ1v) is 10.00. The third kappa shape index (κ3) is 3.17. The number of hydrogen-bond donors (Lipinski definition) is 2. The smallest absolute Gasteiger partial charge is 0.225 e. The van der Waals surface area contributed by atoms with Crippen LogP contribution in [-0.4, -0.2) is 50.3 Å². The molecule has 142 valence electrons. The summed E-state index contributed by atoms with van der Waals surface area (Å²) in [5, 5.41) is 19.7. The first-order chi connectivity index (χ1) is 13.2. The van der Waals surface area contributed by atoms with Gasteiger partial charge >= 0.3 is 0 Å². The molecule has 1 aromatic carbocycles. The fourth-order valence-electron chi connectivity index (χ4n) is 4.96. The van der Waals surface area contributed by atoms with Gasteiger partial charge in [-0.15, -0.1) is 0 Å². The molecule has 4 heterocycles. The molecule has 27 heavy (non-hydrogen) atoms. The number of aromatic hydroxyl groups is 1. The number of aliphatic hydroxyl groups excluding tert-OH is 1. The number of phenolic OH excluding ortho intramolecular Hbond substituents is 1. The number of anilines is 1. The number of rotatable bonds is 3. The molecule has 6 heteroatoms. The van der Waals surface area contributed by atoms with Gasteiger partial charge in [-0.1, -0.05) is 12.1 Å². The molecule has 2 bridgehead atoms. The number of β-amino-alcohol motifs (C(OH)–C–C–N with tert-alkyl or cyclic N) is 1. The largest absolute Gasteiger partial charge is 0.508 e. The Hall–Kier alpha value is -2.18. The van der Waals surface area contributed by atoms with Gasteiger partial charge in [0.15, 0.2) is 0 Å². The fraction of sp³-hybridized carbons (Fsp3) is 0.524. The van der Waals surface area contributed by atoms with Crippen molar-refractivity contribution in [2.24, 2.45) is 0 Å². The average molecular weight is 366 g/mol. The molecular formula is C21H26N4O2. The number of aromatic nitrogens is 2. The number of piperidine rings is 1. The monoisotopic (exact) mass is 366 g/mol. The van der Waals surface area contributed by atoms with E-state index in [9.17, 15) is 10.2 Å². The quantitative estimate of drug-likeness (QED) is 0.869. The number of phenols is 1. The third-order valence-corrected chi connectivity index (χ3v) is 6.27. The Morgan fingerprint density at radius 3 is 2.96 bits per heavy atom. The van der Waals surface area contributed by atoms with Crippen LogP contribution in [0, 0.1) is 0 Å². The van der Waals surface area contributed by atoms with E-state index in [0.29, 0.717) is 24.4 Å². The van der Waals surface area contributed by atoms with Crippen LogP contribution in [0.2, 0.25) is 0 Å². The summed E-state index contributed by atoms with van der Waals surface area (Å²) in [5.41, 5.74) is 3.58. The molecule has 1 aromatic heterocycles. The van der Waals surface area contributed by atoms with Gasteiger partial charge in [0.2, 0.25) is 5.95 Å². The van der Waals surface area contributed by atoms with E-state index in [4.69, 9.17) is 4.98 Å². The van der Waals surface area contributed by atoms with Crippen LogP contribution < -0.4 is 4.90 Å². The van der Waals surface area contributed by atoms with Gasteiger partial charge in [-0.3, -0.25) is 4.90 Å². The summed E-state index contributed by atoms with van der Waals surface area (Å²) >= 11 is 0. The van der Waals surface area contributed by atoms with Crippen LogP contribution in [0.25, 0.3) is 0 Å². The summed E-state index contributed by atoms with van der Waals surface area (Å²) in [7, 11) is 0. The Morgan fingerprint density at radius 2 is 2.11 bits per heavy atom. The molecule has 2 aromatic rings. The molecule has 3 unspecified atom stereocenters. The minimum absolute atomic E-state index is 0.271. The highest BCUT2D eigenvalue weighted by atomic mass is 16.3. The van der Waals surface area contributed by atoms with E-state index < -0.39 is 0 Å². The molecule has 0 aliphatic carbocycles. The predicted molar refractivity (Wildman–Crippen MR) is 103 cm³/mol. The molecule has 0 saturated carbocycles. The number of nitrogens with zero attached hydrogens (tertiary/aromatic N) is 4. The summed E-state index contributed by atoms with van der Waals surface area (Å²) in [6.07, 6.45) is 6.88. The summed E-state index contributed by atoms with van der Waals surface area (Å²) in [6, 6.07) is 8.43. The van der Waals surface area contributed by atoms with Crippen LogP contribution in [0.15, 0.2) is 30.5 Å². The molecule has 6 nitrogen and oxygen atoms in total. The van der Waals surface area contributed by atoms with Gasteiger partial charge in [0.25, 0.3) is 0 Å². The van der Waals surface area contributed by atoms with Gasteiger partial charge in [0.1, 0.15) is 5.75 Å². The maximum Gasteiger partial charge on any atom is 0.225 e. The molecule has 2 saturated heterocycles. The second-order valence-corrected chi connectivity index (χ2v) is 8.11. The van der Waals surface area contributed by atoms with Crippen LogP contribution >= 0.6 is 0 Å². The number of fused-ring (bicyclic) bond motifs is 4. The number of hydrogen-bond acceptors (Lipinski definition) is 6. The Bertz CT molecular complexity index is 843. The molecule has 0 spiro atoms. The topological polar surface area (TPSA) is 72.7 Å². The van der Waals surface area contributed by atoms with E-state index in [2.05, 4.69) is 20.9 Å². The minimum atomic E-state index is -0.271. The van der Waals surface area contributed by atoms with Crippen molar-refractivity contribution >= 4 is 5.95 Å². The van der Waals surface area contributed by atoms with E-state index in [1.165, 1.54) is 17.7 Å². The second kappa shape index (κ2) is 6.77. The molecule has 3 atom stereocenters. The molecular weight excluding hydrogens is 340 g/mol. The minimum Gasteiger partial charge on any atom is -0.508 e. The van der Waals surface area contributed by atoms with E-state index in [1.54, 1.807) is 6.07 Å². The van der Waals surface area contributed by atoms with Crippen molar-refractivity contribution in [3.63, 3.8) is 0 Å². The van der Waals surface area contributed by atoms with Crippen molar-refractivity contribution in [1.29, 1.82) is 0 Å².